The third kappa shape index (κ3) is 2.74. The van der Waals surface area contributed by atoms with E-state index < -0.39 is 0 Å². The van der Waals surface area contributed by atoms with Crippen LogP contribution in [0.4, 0.5) is 0 Å². The van der Waals surface area contributed by atoms with Crippen LogP contribution >= 0.6 is 0 Å². The van der Waals surface area contributed by atoms with Crippen molar-refractivity contribution in [2.45, 2.75) is 32.2 Å². The largest absolute Gasteiger partial charge is 0.396 e. The molecule has 1 aromatic carbocycles. The normalized spacial score (nSPS) is 24.4. The second-order valence-electron chi connectivity index (χ2n) is 6.12. The number of benzene rings is 1. The van der Waals surface area contributed by atoms with Crippen molar-refractivity contribution in [2.75, 3.05) is 6.61 Å². The van der Waals surface area contributed by atoms with E-state index in [-0.39, 0.29) is 24.0 Å². The van der Waals surface area contributed by atoms with E-state index in [1.807, 2.05) is 19.1 Å². The third-order valence-electron chi connectivity index (χ3n) is 4.57. The smallest absolute Gasteiger partial charge is 0.251 e. The molecule has 1 heterocycles. The van der Waals surface area contributed by atoms with Gasteiger partial charge in [-0.15, -0.1) is 5.10 Å². The molecule has 2 atom stereocenters. The summed E-state index contributed by atoms with van der Waals surface area (Å²) in [5, 5.41) is 20.3. The van der Waals surface area contributed by atoms with Gasteiger partial charge in [-0.25, -0.2) is 4.68 Å². The molecule has 6 heteroatoms. The fourth-order valence-corrected chi connectivity index (χ4v) is 3.02. The molecule has 3 rings (SSSR count). The van der Waals surface area contributed by atoms with E-state index in [1.54, 1.807) is 29.2 Å². The average molecular weight is 300 g/mol. The van der Waals surface area contributed by atoms with Crippen LogP contribution in [0.5, 0.6) is 0 Å². The van der Waals surface area contributed by atoms with Crippen LogP contribution in [0.15, 0.2) is 36.7 Å². The number of carbonyl (C=O) groups is 1. The molecule has 1 aromatic heterocycles. The highest BCUT2D eigenvalue weighted by molar-refractivity contribution is 5.94. The number of nitrogens with zero attached hydrogens (tertiary/aromatic N) is 3. The molecule has 6 nitrogen and oxygen atoms in total. The number of rotatable bonds is 4. The third-order valence-corrected chi connectivity index (χ3v) is 4.57. The van der Waals surface area contributed by atoms with Crippen LogP contribution in [0.1, 0.15) is 36.5 Å². The Morgan fingerprint density at radius 1 is 1.45 bits per heavy atom. The molecule has 2 aromatic rings. The summed E-state index contributed by atoms with van der Waals surface area (Å²) in [5.74, 6) is -0.100. The lowest BCUT2D eigenvalue weighted by Gasteiger charge is -2.30. The lowest BCUT2D eigenvalue weighted by atomic mass is 9.85. The number of amides is 1. The zero-order chi connectivity index (χ0) is 15.6. The van der Waals surface area contributed by atoms with Crippen molar-refractivity contribution >= 4 is 5.91 Å². The van der Waals surface area contributed by atoms with Crippen molar-refractivity contribution in [3.8, 4) is 5.69 Å². The van der Waals surface area contributed by atoms with Gasteiger partial charge in [-0.3, -0.25) is 4.79 Å². The van der Waals surface area contributed by atoms with Crippen molar-refractivity contribution in [3.63, 3.8) is 0 Å². The molecule has 0 radical (unpaired) electrons. The molecule has 1 aliphatic carbocycles. The number of aromatic nitrogens is 3. The fraction of sp³-hybridized carbons (Fsp3) is 0.438. The maximum absolute atomic E-state index is 12.4. The van der Waals surface area contributed by atoms with Crippen LogP contribution in [0.25, 0.3) is 5.69 Å². The van der Waals surface area contributed by atoms with Crippen molar-refractivity contribution in [2.24, 2.45) is 5.41 Å². The minimum absolute atomic E-state index is 0.0278. The minimum atomic E-state index is -0.212. The van der Waals surface area contributed by atoms with Crippen LogP contribution in [0.2, 0.25) is 0 Å². The predicted molar refractivity (Wildman–Crippen MR) is 81.7 cm³/mol. The van der Waals surface area contributed by atoms with Crippen LogP contribution < -0.4 is 5.32 Å². The Morgan fingerprint density at radius 2 is 2.23 bits per heavy atom. The summed E-state index contributed by atoms with van der Waals surface area (Å²) in [6, 6.07) is 7.25. The van der Waals surface area contributed by atoms with Gasteiger partial charge in [0.15, 0.2) is 0 Å². The molecular weight excluding hydrogens is 280 g/mol. The molecule has 0 aliphatic heterocycles. The summed E-state index contributed by atoms with van der Waals surface area (Å²) in [6.45, 7) is 2.13. The Balaban J connectivity index is 1.70. The maximum Gasteiger partial charge on any atom is 0.251 e. The molecule has 1 amide bonds. The van der Waals surface area contributed by atoms with Crippen molar-refractivity contribution in [1.29, 1.82) is 0 Å². The number of aliphatic hydroxyl groups is 1. The number of carbonyl (C=O) groups excluding carboxylic acids is 1. The Hall–Kier alpha value is -2.21. The van der Waals surface area contributed by atoms with Crippen LogP contribution in [0, 0.1) is 5.41 Å². The summed E-state index contributed by atoms with van der Waals surface area (Å²) in [4.78, 5) is 12.4. The lowest BCUT2D eigenvalue weighted by Crippen LogP contribution is -2.44. The van der Waals surface area contributed by atoms with Gasteiger partial charge >= 0.3 is 0 Å². The summed E-state index contributed by atoms with van der Waals surface area (Å²) >= 11 is 0. The monoisotopic (exact) mass is 300 g/mol. The highest BCUT2D eigenvalue weighted by atomic mass is 16.3. The summed E-state index contributed by atoms with van der Waals surface area (Å²) in [5.41, 5.74) is 1.25. The minimum Gasteiger partial charge on any atom is -0.396 e. The Bertz CT molecular complexity index is 639. The van der Waals surface area contributed by atoms with E-state index in [0.717, 1.165) is 24.9 Å². The first-order valence-electron chi connectivity index (χ1n) is 7.51. The molecule has 1 aliphatic rings. The molecule has 2 unspecified atom stereocenters. The van der Waals surface area contributed by atoms with Gasteiger partial charge in [-0.1, -0.05) is 18.6 Å². The quantitative estimate of drug-likeness (QED) is 0.898. The Morgan fingerprint density at radius 3 is 2.86 bits per heavy atom. The molecule has 0 spiro atoms. The van der Waals surface area contributed by atoms with E-state index in [2.05, 4.69) is 15.6 Å². The van der Waals surface area contributed by atoms with Gasteiger partial charge in [-0.05, 0) is 37.1 Å². The zero-order valence-corrected chi connectivity index (χ0v) is 12.6. The van der Waals surface area contributed by atoms with Gasteiger partial charge in [0, 0.05) is 17.0 Å². The van der Waals surface area contributed by atoms with Gasteiger partial charge in [-0.2, -0.15) is 0 Å². The van der Waals surface area contributed by atoms with E-state index in [1.165, 1.54) is 0 Å². The van der Waals surface area contributed by atoms with Gasteiger partial charge in [0.1, 0.15) is 0 Å². The number of hydrogen-bond acceptors (Lipinski definition) is 4. The first kappa shape index (κ1) is 14.7. The summed E-state index contributed by atoms with van der Waals surface area (Å²) < 4.78 is 1.64. The van der Waals surface area contributed by atoms with E-state index in [9.17, 15) is 9.90 Å². The average Bonchev–Trinajstić information content (AvgIpc) is 3.19. The SMILES string of the molecule is CC1(CO)CCCC1NC(=O)c1ccc(-n2ccnn2)cc1. The highest BCUT2D eigenvalue weighted by Gasteiger charge is 2.39. The summed E-state index contributed by atoms with van der Waals surface area (Å²) in [6.07, 6.45) is 6.25. The first-order valence-corrected chi connectivity index (χ1v) is 7.51. The van der Waals surface area contributed by atoms with Gasteiger partial charge in [0.2, 0.25) is 0 Å². The summed E-state index contributed by atoms with van der Waals surface area (Å²) in [7, 11) is 0. The predicted octanol–water partition coefficient (Wildman–Crippen LogP) is 1.55. The molecule has 0 bridgehead atoms. The molecular formula is C16H20N4O2. The van der Waals surface area contributed by atoms with E-state index in [0.29, 0.717) is 5.56 Å². The lowest BCUT2D eigenvalue weighted by molar-refractivity contribution is 0.0830. The molecule has 2 N–H and O–H groups in total. The second kappa shape index (κ2) is 5.88. The molecule has 0 saturated heterocycles. The molecule has 22 heavy (non-hydrogen) atoms. The Labute approximate surface area is 129 Å². The molecule has 116 valence electrons. The van der Waals surface area contributed by atoms with Crippen LogP contribution in [-0.2, 0) is 0 Å². The standard InChI is InChI=1S/C16H20N4O2/c1-16(11-21)8-2-3-14(16)18-15(22)12-4-6-13(7-5-12)20-10-9-17-19-20/h4-7,9-10,14,21H,2-3,8,11H2,1H3,(H,18,22). The number of aliphatic hydroxyl groups excluding tert-OH is 1. The fourth-order valence-electron chi connectivity index (χ4n) is 3.02. The number of nitrogens with one attached hydrogen (secondary N) is 1. The van der Waals surface area contributed by atoms with Crippen molar-refractivity contribution in [3.05, 3.63) is 42.2 Å². The van der Waals surface area contributed by atoms with Gasteiger partial charge < -0.3 is 10.4 Å². The van der Waals surface area contributed by atoms with E-state index >= 15 is 0 Å². The van der Waals surface area contributed by atoms with E-state index in [4.69, 9.17) is 0 Å². The number of hydrogen-bond donors (Lipinski definition) is 2. The topological polar surface area (TPSA) is 80.0 Å². The van der Waals surface area contributed by atoms with Gasteiger partial charge in [0.05, 0.1) is 24.7 Å². The van der Waals surface area contributed by atoms with Gasteiger partial charge in [0.25, 0.3) is 5.91 Å². The zero-order valence-electron chi connectivity index (χ0n) is 12.6. The van der Waals surface area contributed by atoms with Crippen LogP contribution in [-0.4, -0.2) is 38.7 Å². The highest BCUT2D eigenvalue weighted by Crippen LogP contribution is 2.37. The molecule has 1 saturated carbocycles. The first-order chi connectivity index (χ1) is 10.6. The van der Waals surface area contributed by atoms with Crippen molar-refractivity contribution in [1.82, 2.24) is 20.3 Å². The Kier molecular flexibility index (Phi) is 3.94. The van der Waals surface area contributed by atoms with Crippen molar-refractivity contribution < 1.29 is 9.90 Å². The van der Waals surface area contributed by atoms with Crippen LogP contribution in [0.3, 0.4) is 0 Å². The second-order valence-corrected chi connectivity index (χ2v) is 6.12. The molecule has 1 fully saturated rings. The maximum atomic E-state index is 12.4.